The number of tetrazole rings is 1. The Labute approximate surface area is 138 Å². The second-order valence-electron chi connectivity index (χ2n) is 4.48. The lowest BCUT2D eigenvalue weighted by molar-refractivity contribution is -0.384. The first-order valence-corrected chi connectivity index (χ1v) is 7.12. The summed E-state index contributed by atoms with van der Waals surface area (Å²) in [6.07, 6.45) is 0. The fourth-order valence-corrected chi connectivity index (χ4v) is 2.20. The fraction of sp³-hybridized carbons (Fsp3) is 0. The van der Waals surface area contributed by atoms with E-state index in [1.807, 2.05) is 30.3 Å². The minimum Gasteiger partial charge on any atom is -0.258 e. The zero-order valence-electron chi connectivity index (χ0n) is 11.4. The molecule has 0 atom stereocenters. The van der Waals surface area contributed by atoms with Gasteiger partial charge in [0.1, 0.15) is 11.8 Å². The standard InChI is InChI=1S/C14H7BrN6O2/c15-11-3-1-9(2-4-11)14-17-19-20(18-14)13-6-5-12(21(22)23)7-10(13)8-16/h1-7H. The van der Waals surface area contributed by atoms with E-state index in [0.717, 1.165) is 10.0 Å². The van der Waals surface area contributed by atoms with Crippen LogP contribution < -0.4 is 0 Å². The van der Waals surface area contributed by atoms with Gasteiger partial charge in [0, 0.05) is 22.2 Å². The van der Waals surface area contributed by atoms with Gasteiger partial charge in [-0.25, -0.2) is 0 Å². The number of aromatic nitrogens is 4. The highest BCUT2D eigenvalue weighted by molar-refractivity contribution is 9.10. The van der Waals surface area contributed by atoms with Gasteiger partial charge < -0.3 is 0 Å². The van der Waals surface area contributed by atoms with Gasteiger partial charge in [-0.1, -0.05) is 15.9 Å². The smallest absolute Gasteiger partial charge is 0.258 e. The lowest BCUT2D eigenvalue weighted by Gasteiger charge is -2.01. The number of benzene rings is 2. The lowest BCUT2D eigenvalue weighted by Crippen LogP contribution is -2.03. The molecule has 3 aromatic rings. The first kappa shape index (κ1) is 14.8. The normalized spacial score (nSPS) is 10.3. The van der Waals surface area contributed by atoms with Crippen molar-refractivity contribution >= 4 is 21.6 Å². The molecule has 0 spiro atoms. The summed E-state index contributed by atoms with van der Waals surface area (Å²) >= 11 is 3.34. The molecule has 0 fully saturated rings. The van der Waals surface area contributed by atoms with Crippen LogP contribution in [0.15, 0.2) is 46.9 Å². The molecule has 0 N–H and O–H groups in total. The van der Waals surface area contributed by atoms with E-state index in [4.69, 9.17) is 0 Å². The van der Waals surface area contributed by atoms with E-state index >= 15 is 0 Å². The number of non-ortho nitro benzene ring substituents is 1. The summed E-state index contributed by atoms with van der Waals surface area (Å²) in [5, 5.41) is 32.0. The van der Waals surface area contributed by atoms with Crippen molar-refractivity contribution in [3.8, 4) is 23.1 Å². The van der Waals surface area contributed by atoms with Crippen molar-refractivity contribution in [3.63, 3.8) is 0 Å². The van der Waals surface area contributed by atoms with Gasteiger partial charge in [-0.05, 0) is 35.5 Å². The summed E-state index contributed by atoms with van der Waals surface area (Å²) in [5.41, 5.74) is 1.02. The molecule has 9 heteroatoms. The number of hydrogen-bond acceptors (Lipinski definition) is 6. The molecule has 0 aliphatic rings. The number of nitriles is 1. The molecule has 1 heterocycles. The molecule has 112 valence electrons. The van der Waals surface area contributed by atoms with E-state index in [1.165, 1.54) is 23.0 Å². The van der Waals surface area contributed by atoms with E-state index in [0.29, 0.717) is 11.5 Å². The molecule has 8 nitrogen and oxygen atoms in total. The highest BCUT2D eigenvalue weighted by Crippen LogP contribution is 2.21. The first-order valence-electron chi connectivity index (χ1n) is 6.33. The number of nitrogens with zero attached hydrogens (tertiary/aromatic N) is 6. The predicted octanol–water partition coefficient (Wildman–Crippen LogP) is 2.87. The van der Waals surface area contributed by atoms with Crippen LogP contribution in [0.3, 0.4) is 0 Å². The summed E-state index contributed by atoms with van der Waals surface area (Å²) in [6.45, 7) is 0. The van der Waals surface area contributed by atoms with Crippen LogP contribution in [-0.4, -0.2) is 25.1 Å². The predicted molar refractivity (Wildman–Crippen MR) is 83.7 cm³/mol. The van der Waals surface area contributed by atoms with Crippen LogP contribution in [0.1, 0.15) is 5.56 Å². The van der Waals surface area contributed by atoms with Gasteiger partial charge in [-0.15, -0.1) is 15.0 Å². The van der Waals surface area contributed by atoms with Gasteiger partial charge in [-0.2, -0.15) is 5.26 Å². The van der Waals surface area contributed by atoms with Gasteiger partial charge in [0.25, 0.3) is 5.69 Å². The minimum absolute atomic E-state index is 0.0963. The number of rotatable bonds is 3. The number of hydrogen-bond donors (Lipinski definition) is 0. The van der Waals surface area contributed by atoms with Gasteiger partial charge in [0.05, 0.1) is 10.5 Å². The van der Waals surface area contributed by atoms with E-state index in [2.05, 4.69) is 31.3 Å². The summed E-state index contributed by atoms with van der Waals surface area (Å²) in [7, 11) is 0. The Hall–Kier alpha value is -3.12. The van der Waals surface area contributed by atoms with Crippen molar-refractivity contribution in [1.82, 2.24) is 20.2 Å². The first-order chi connectivity index (χ1) is 11.1. The second kappa shape index (κ2) is 5.94. The lowest BCUT2D eigenvalue weighted by atomic mass is 10.2. The zero-order valence-corrected chi connectivity index (χ0v) is 13.0. The van der Waals surface area contributed by atoms with E-state index in [-0.39, 0.29) is 11.3 Å². The Morgan fingerprint density at radius 2 is 1.96 bits per heavy atom. The van der Waals surface area contributed by atoms with Crippen LogP contribution in [0, 0.1) is 21.4 Å². The van der Waals surface area contributed by atoms with Crippen LogP contribution in [0.25, 0.3) is 17.1 Å². The van der Waals surface area contributed by atoms with Crippen LogP contribution in [0.2, 0.25) is 0 Å². The third kappa shape index (κ3) is 2.93. The van der Waals surface area contributed by atoms with E-state index < -0.39 is 4.92 Å². The molecule has 3 rings (SSSR count). The van der Waals surface area contributed by atoms with Crippen molar-refractivity contribution in [3.05, 3.63) is 62.6 Å². The Balaban J connectivity index is 2.02. The maximum Gasteiger partial charge on any atom is 0.270 e. The SMILES string of the molecule is N#Cc1cc([N+](=O)[O-])ccc1-n1nnc(-c2ccc(Br)cc2)n1. The molecule has 0 aliphatic heterocycles. The number of halogens is 1. The van der Waals surface area contributed by atoms with Gasteiger partial charge in [0.2, 0.25) is 5.82 Å². The van der Waals surface area contributed by atoms with Gasteiger partial charge in [0.15, 0.2) is 0 Å². The summed E-state index contributed by atoms with van der Waals surface area (Å²) in [5.74, 6) is 0.389. The Kier molecular flexibility index (Phi) is 3.82. The Bertz CT molecular complexity index is 929. The molecular weight excluding hydrogens is 364 g/mol. The van der Waals surface area contributed by atoms with Crippen molar-refractivity contribution in [1.29, 1.82) is 5.26 Å². The second-order valence-corrected chi connectivity index (χ2v) is 5.40. The Morgan fingerprint density at radius 1 is 1.22 bits per heavy atom. The van der Waals surface area contributed by atoms with Crippen molar-refractivity contribution in [2.24, 2.45) is 0 Å². The van der Waals surface area contributed by atoms with E-state index in [1.54, 1.807) is 0 Å². The number of nitro benzene ring substituents is 1. The molecule has 0 amide bonds. The molecule has 0 bridgehead atoms. The molecule has 0 saturated carbocycles. The molecule has 0 saturated heterocycles. The molecule has 0 aliphatic carbocycles. The average Bonchev–Trinajstić information content (AvgIpc) is 3.04. The maximum atomic E-state index is 10.8. The monoisotopic (exact) mass is 370 g/mol. The molecule has 1 aromatic heterocycles. The van der Waals surface area contributed by atoms with Gasteiger partial charge >= 0.3 is 0 Å². The number of nitro groups is 1. The summed E-state index contributed by atoms with van der Waals surface area (Å²) < 4.78 is 0.927. The molecular formula is C14H7BrN6O2. The van der Waals surface area contributed by atoms with Crippen LogP contribution in [-0.2, 0) is 0 Å². The molecule has 0 radical (unpaired) electrons. The topological polar surface area (TPSA) is 111 Å². The van der Waals surface area contributed by atoms with Crippen molar-refractivity contribution < 1.29 is 4.92 Å². The van der Waals surface area contributed by atoms with Gasteiger partial charge in [-0.3, -0.25) is 10.1 Å². The Morgan fingerprint density at radius 3 is 2.61 bits per heavy atom. The van der Waals surface area contributed by atoms with Crippen molar-refractivity contribution in [2.45, 2.75) is 0 Å². The highest BCUT2D eigenvalue weighted by atomic mass is 79.9. The molecule has 2 aromatic carbocycles. The average molecular weight is 371 g/mol. The quantitative estimate of drug-likeness (QED) is 0.517. The zero-order chi connectivity index (χ0) is 16.4. The third-order valence-electron chi connectivity index (χ3n) is 3.04. The summed E-state index contributed by atoms with van der Waals surface area (Å²) in [6, 6.07) is 13.1. The van der Waals surface area contributed by atoms with Crippen LogP contribution in [0.4, 0.5) is 5.69 Å². The molecule has 23 heavy (non-hydrogen) atoms. The minimum atomic E-state index is -0.563. The summed E-state index contributed by atoms with van der Waals surface area (Å²) in [4.78, 5) is 11.4. The largest absolute Gasteiger partial charge is 0.270 e. The van der Waals surface area contributed by atoms with Crippen LogP contribution in [0.5, 0.6) is 0 Å². The fourth-order valence-electron chi connectivity index (χ4n) is 1.93. The highest BCUT2D eigenvalue weighted by Gasteiger charge is 2.15. The maximum absolute atomic E-state index is 10.8. The van der Waals surface area contributed by atoms with E-state index in [9.17, 15) is 15.4 Å². The third-order valence-corrected chi connectivity index (χ3v) is 3.57. The van der Waals surface area contributed by atoms with Crippen LogP contribution >= 0.6 is 15.9 Å². The van der Waals surface area contributed by atoms with Crippen molar-refractivity contribution in [2.75, 3.05) is 0 Å². The molecule has 0 unspecified atom stereocenters.